The van der Waals surface area contributed by atoms with Crippen LogP contribution in [0.3, 0.4) is 0 Å². The number of hydrogen-bond acceptors (Lipinski definition) is 2. The molecule has 1 aromatic carbocycles. The number of H-pyrrole nitrogens is 1. The third-order valence-corrected chi connectivity index (χ3v) is 4.50. The van der Waals surface area contributed by atoms with Gasteiger partial charge < -0.3 is 10.3 Å². The molecule has 0 aliphatic carbocycles. The van der Waals surface area contributed by atoms with Crippen LogP contribution in [0.15, 0.2) is 22.8 Å². The monoisotopic (exact) mass is 334 g/mol. The zero-order valence-corrected chi connectivity index (χ0v) is 13.6. The Balaban J connectivity index is 2.22. The van der Waals surface area contributed by atoms with Crippen molar-refractivity contribution in [1.29, 1.82) is 0 Å². The van der Waals surface area contributed by atoms with Crippen molar-refractivity contribution in [2.45, 2.75) is 26.2 Å². The van der Waals surface area contributed by atoms with Gasteiger partial charge in [-0.25, -0.2) is 4.98 Å². The topological polar surface area (TPSA) is 45.1 Å². The molecule has 20 heavy (non-hydrogen) atoms. The molecule has 0 radical (unpaired) electrons. The fourth-order valence-corrected chi connectivity index (χ4v) is 3.26. The number of aromatic amines is 1. The number of para-hydroxylation sites is 1. The molecule has 0 bridgehead atoms. The molecule has 3 aromatic rings. The first-order valence-corrected chi connectivity index (χ1v) is 7.74. The summed E-state index contributed by atoms with van der Waals surface area (Å²) < 4.78 is 3.23. The molecule has 2 heterocycles. The molecule has 0 aliphatic rings. The van der Waals surface area contributed by atoms with Gasteiger partial charge in [0.15, 0.2) is 0 Å². The number of fused-ring (bicyclic) bond motifs is 3. The Labute approximate surface area is 126 Å². The summed E-state index contributed by atoms with van der Waals surface area (Å²) >= 11 is 3.71. The van der Waals surface area contributed by atoms with E-state index in [0.29, 0.717) is 5.92 Å². The second kappa shape index (κ2) is 5.22. The summed E-state index contributed by atoms with van der Waals surface area (Å²) in [5.41, 5.74) is 4.72. The summed E-state index contributed by atoms with van der Waals surface area (Å²) in [6.07, 6.45) is 0.950. The number of hydrogen-bond donors (Lipinski definition) is 2. The number of likely N-dealkylation sites (N-methyl/N-ethyl adjacent to an activating group) is 1. The first-order chi connectivity index (χ1) is 9.63. The van der Waals surface area contributed by atoms with Crippen LogP contribution in [0, 0.1) is 0 Å². The molecule has 2 N–H and O–H groups in total. The Bertz CT molecular complexity index is 754. The molecule has 0 fully saturated rings. The highest BCUT2D eigenvalue weighted by molar-refractivity contribution is 9.10. The molecule has 0 spiro atoms. The zero-order chi connectivity index (χ0) is 14.3. The van der Waals surface area contributed by atoms with E-state index in [9.17, 15) is 0 Å². The fraction of sp³-hybridized carbons (Fsp3) is 0.400. The predicted molar refractivity (Wildman–Crippen MR) is 86.5 cm³/mol. The molecule has 0 amide bonds. The van der Waals surface area contributed by atoms with Gasteiger partial charge in [0.1, 0.15) is 4.60 Å². The highest BCUT2D eigenvalue weighted by Gasteiger charge is 2.16. The van der Waals surface area contributed by atoms with Crippen LogP contribution in [0.25, 0.3) is 16.8 Å². The van der Waals surface area contributed by atoms with Crippen molar-refractivity contribution in [2.24, 2.45) is 0 Å². The Kier molecular flexibility index (Phi) is 3.56. The average molecular weight is 335 g/mol. The lowest BCUT2D eigenvalue weighted by Crippen LogP contribution is -2.10. The molecule has 0 saturated heterocycles. The maximum atomic E-state index is 4.78. The number of nitrogens with one attached hydrogen (secondary N) is 2. The molecular weight excluding hydrogens is 316 g/mol. The van der Waals surface area contributed by atoms with Crippen LogP contribution in [0.4, 0.5) is 0 Å². The van der Waals surface area contributed by atoms with Gasteiger partial charge in [0, 0.05) is 13.0 Å². The van der Waals surface area contributed by atoms with Crippen molar-refractivity contribution in [3.8, 4) is 0 Å². The van der Waals surface area contributed by atoms with E-state index in [2.05, 4.69) is 62.7 Å². The summed E-state index contributed by atoms with van der Waals surface area (Å²) in [5, 5.41) is 3.17. The number of imidazole rings is 2. The molecule has 2 aromatic heterocycles. The van der Waals surface area contributed by atoms with Crippen molar-refractivity contribution >= 4 is 32.7 Å². The van der Waals surface area contributed by atoms with Crippen LogP contribution in [-0.4, -0.2) is 28.0 Å². The van der Waals surface area contributed by atoms with Crippen molar-refractivity contribution in [3.05, 3.63) is 34.1 Å². The van der Waals surface area contributed by atoms with Gasteiger partial charge >= 0.3 is 0 Å². The lowest BCUT2D eigenvalue weighted by atomic mass is 10.0. The lowest BCUT2D eigenvalue weighted by molar-refractivity contribution is 0.777. The molecular formula is C15H19BrN4. The van der Waals surface area contributed by atoms with E-state index in [4.69, 9.17) is 4.98 Å². The van der Waals surface area contributed by atoms with E-state index in [1.54, 1.807) is 0 Å². The van der Waals surface area contributed by atoms with Gasteiger partial charge in [-0.3, -0.25) is 4.40 Å². The summed E-state index contributed by atoms with van der Waals surface area (Å²) in [5.74, 6) is 1.38. The minimum absolute atomic E-state index is 0.473. The third kappa shape index (κ3) is 2.05. The molecule has 0 aliphatic heterocycles. The number of nitrogens with zero attached hydrogens (tertiary/aromatic N) is 2. The summed E-state index contributed by atoms with van der Waals surface area (Å²) in [6.45, 7) is 5.35. The van der Waals surface area contributed by atoms with E-state index in [1.807, 2.05) is 7.05 Å². The highest BCUT2D eigenvalue weighted by atomic mass is 79.9. The van der Waals surface area contributed by atoms with Crippen LogP contribution in [0.1, 0.15) is 31.0 Å². The van der Waals surface area contributed by atoms with Gasteiger partial charge in [-0.15, -0.1) is 0 Å². The van der Waals surface area contributed by atoms with Crippen molar-refractivity contribution < 1.29 is 0 Å². The summed E-state index contributed by atoms with van der Waals surface area (Å²) in [7, 11) is 1.96. The van der Waals surface area contributed by atoms with Crippen LogP contribution < -0.4 is 5.32 Å². The zero-order valence-electron chi connectivity index (χ0n) is 12.0. The van der Waals surface area contributed by atoms with Crippen LogP contribution in [-0.2, 0) is 6.42 Å². The first kappa shape index (κ1) is 13.6. The van der Waals surface area contributed by atoms with E-state index in [-0.39, 0.29) is 0 Å². The van der Waals surface area contributed by atoms with Gasteiger partial charge in [0.2, 0.25) is 5.78 Å². The maximum absolute atomic E-state index is 4.78. The number of benzene rings is 1. The van der Waals surface area contributed by atoms with E-state index in [1.165, 1.54) is 11.3 Å². The Hall–Kier alpha value is -1.33. The van der Waals surface area contributed by atoms with Gasteiger partial charge in [0.25, 0.3) is 0 Å². The van der Waals surface area contributed by atoms with Crippen molar-refractivity contribution in [1.82, 2.24) is 19.7 Å². The third-order valence-electron chi connectivity index (χ3n) is 3.67. The van der Waals surface area contributed by atoms with Crippen LogP contribution in [0.2, 0.25) is 0 Å². The Morgan fingerprint density at radius 2 is 2.20 bits per heavy atom. The average Bonchev–Trinajstić information content (AvgIpc) is 2.93. The fourth-order valence-electron chi connectivity index (χ4n) is 2.61. The SMILES string of the molecule is CNCCc1[nH]c2nc3c(C(C)C)cccc3n2c1Br. The molecule has 0 unspecified atom stereocenters. The van der Waals surface area contributed by atoms with E-state index < -0.39 is 0 Å². The number of halogens is 1. The molecule has 0 saturated carbocycles. The largest absolute Gasteiger partial charge is 0.326 e. The summed E-state index contributed by atoms with van der Waals surface area (Å²) in [4.78, 5) is 8.20. The van der Waals surface area contributed by atoms with Gasteiger partial charge in [-0.2, -0.15) is 0 Å². The van der Waals surface area contributed by atoms with Crippen molar-refractivity contribution in [2.75, 3.05) is 13.6 Å². The standard InChI is InChI=1S/C15H19BrN4/c1-9(2)10-5-4-6-12-13(10)19-15-18-11(7-8-17-3)14(16)20(12)15/h4-6,9,17H,7-8H2,1-3H3,(H,18,19). The molecule has 3 rings (SSSR count). The van der Waals surface area contributed by atoms with Gasteiger partial charge in [-0.05, 0) is 40.5 Å². The molecule has 4 nitrogen and oxygen atoms in total. The minimum atomic E-state index is 0.473. The molecule has 106 valence electrons. The van der Waals surface area contributed by atoms with Crippen LogP contribution >= 0.6 is 15.9 Å². The first-order valence-electron chi connectivity index (χ1n) is 6.95. The second-order valence-corrected chi connectivity index (χ2v) is 6.14. The highest BCUT2D eigenvalue weighted by Crippen LogP contribution is 2.29. The van der Waals surface area contributed by atoms with Crippen LogP contribution in [0.5, 0.6) is 0 Å². The predicted octanol–water partition coefficient (Wildman–Crippen LogP) is 3.46. The Morgan fingerprint density at radius 1 is 1.40 bits per heavy atom. The van der Waals surface area contributed by atoms with E-state index in [0.717, 1.165) is 34.4 Å². The Morgan fingerprint density at radius 3 is 2.90 bits per heavy atom. The van der Waals surface area contributed by atoms with E-state index >= 15 is 0 Å². The quantitative estimate of drug-likeness (QED) is 0.767. The van der Waals surface area contributed by atoms with Gasteiger partial charge in [-0.1, -0.05) is 26.0 Å². The smallest absolute Gasteiger partial charge is 0.213 e. The lowest BCUT2D eigenvalue weighted by Gasteiger charge is -2.05. The van der Waals surface area contributed by atoms with Gasteiger partial charge in [0.05, 0.1) is 16.7 Å². The van der Waals surface area contributed by atoms with Crippen molar-refractivity contribution in [3.63, 3.8) is 0 Å². The normalized spacial score (nSPS) is 12.1. The number of rotatable bonds is 4. The molecule has 5 heteroatoms. The second-order valence-electron chi connectivity index (χ2n) is 5.39. The molecule has 0 atom stereocenters. The summed E-state index contributed by atoms with van der Waals surface area (Å²) in [6, 6.07) is 6.40. The maximum Gasteiger partial charge on any atom is 0.213 e. The number of aromatic nitrogens is 3. The minimum Gasteiger partial charge on any atom is -0.326 e.